The lowest BCUT2D eigenvalue weighted by atomic mass is 9.89. The molecule has 1 fully saturated rings. The molecule has 0 aromatic heterocycles. The molecular weight excluding hydrogens is 475 g/mol. The Kier molecular flexibility index (Phi) is 7.21. The number of benzene rings is 3. The summed E-state index contributed by atoms with van der Waals surface area (Å²) in [6, 6.07) is 23.3. The molecule has 3 aromatic rings. The Morgan fingerprint density at radius 2 is 1.37 bits per heavy atom. The van der Waals surface area contributed by atoms with Crippen molar-refractivity contribution < 1.29 is 21.6 Å². The Hall–Kier alpha value is -2.88. The summed E-state index contributed by atoms with van der Waals surface area (Å²) in [5.41, 5.74) is 0.180. The van der Waals surface area contributed by atoms with Gasteiger partial charge in [-0.25, -0.2) is 13.1 Å². The van der Waals surface area contributed by atoms with Gasteiger partial charge in [0.05, 0.1) is 16.0 Å². The highest BCUT2D eigenvalue weighted by Crippen LogP contribution is 2.33. The van der Waals surface area contributed by atoms with Gasteiger partial charge in [0, 0.05) is 38.4 Å². The molecule has 0 aliphatic carbocycles. The zero-order valence-corrected chi connectivity index (χ0v) is 20.2. The van der Waals surface area contributed by atoms with Gasteiger partial charge in [-0.3, -0.25) is 4.90 Å². The highest BCUT2D eigenvalue weighted by Gasteiger charge is 2.37. The lowest BCUT2D eigenvalue weighted by molar-refractivity contribution is -0.137. The van der Waals surface area contributed by atoms with Crippen LogP contribution in [0.1, 0.15) is 18.1 Å². The first-order chi connectivity index (χ1) is 16.6. The maximum atomic E-state index is 13.2. The number of hydrogen-bond acceptors (Lipinski definition) is 4. The third kappa shape index (κ3) is 5.69. The molecule has 5 nitrogen and oxygen atoms in total. The molecule has 9 heteroatoms. The molecule has 35 heavy (non-hydrogen) atoms. The number of halogens is 3. The van der Waals surface area contributed by atoms with E-state index in [2.05, 4.69) is 9.62 Å². The highest BCUT2D eigenvalue weighted by molar-refractivity contribution is 7.89. The zero-order valence-electron chi connectivity index (χ0n) is 19.4. The van der Waals surface area contributed by atoms with Crippen molar-refractivity contribution in [2.45, 2.75) is 23.5 Å². The van der Waals surface area contributed by atoms with Crippen molar-refractivity contribution in [3.05, 3.63) is 96.1 Å². The van der Waals surface area contributed by atoms with Crippen molar-refractivity contribution in [3.8, 4) is 0 Å². The summed E-state index contributed by atoms with van der Waals surface area (Å²) in [6.07, 6.45) is -4.39. The largest absolute Gasteiger partial charge is 0.416 e. The summed E-state index contributed by atoms with van der Waals surface area (Å²) < 4.78 is 68.1. The van der Waals surface area contributed by atoms with Crippen LogP contribution < -0.4 is 9.62 Å². The molecule has 1 aliphatic heterocycles. The van der Waals surface area contributed by atoms with E-state index < -0.39 is 27.3 Å². The maximum absolute atomic E-state index is 13.2. The summed E-state index contributed by atoms with van der Waals surface area (Å²) in [5, 5.41) is 0. The SMILES string of the molecule is C[C@](CNS(=O)(=O)c1ccccc1)(c1ccccc1)N1CCN(c2cccc(C(F)(F)F)c2)CC1. The summed E-state index contributed by atoms with van der Waals surface area (Å²) >= 11 is 0. The summed E-state index contributed by atoms with van der Waals surface area (Å²) in [4.78, 5) is 4.33. The maximum Gasteiger partial charge on any atom is 0.416 e. The van der Waals surface area contributed by atoms with Crippen LogP contribution in [0.25, 0.3) is 0 Å². The zero-order chi connectivity index (χ0) is 25.1. The van der Waals surface area contributed by atoms with Crippen molar-refractivity contribution >= 4 is 15.7 Å². The highest BCUT2D eigenvalue weighted by atomic mass is 32.2. The molecule has 0 unspecified atom stereocenters. The van der Waals surface area contributed by atoms with Gasteiger partial charge in [0.2, 0.25) is 10.0 Å². The predicted octanol–water partition coefficient (Wildman–Crippen LogP) is 4.72. The van der Waals surface area contributed by atoms with Crippen LogP contribution in [0.3, 0.4) is 0 Å². The van der Waals surface area contributed by atoms with Gasteiger partial charge in [-0.1, -0.05) is 54.6 Å². The van der Waals surface area contributed by atoms with Gasteiger partial charge in [-0.2, -0.15) is 13.2 Å². The number of anilines is 1. The van der Waals surface area contributed by atoms with E-state index in [4.69, 9.17) is 0 Å². The van der Waals surface area contributed by atoms with Gasteiger partial charge in [-0.05, 0) is 42.8 Å². The molecule has 1 heterocycles. The number of hydrogen-bond donors (Lipinski definition) is 1. The number of nitrogens with zero attached hydrogens (tertiary/aromatic N) is 2. The molecule has 186 valence electrons. The van der Waals surface area contributed by atoms with Gasteiger partial charge in [0.1, 0.15) is 0 Å². The minimum atomic E-state index is -4.39. The smallest absolute Gasteiger partial charge is 0.369 e. The van der Waals surface area contributed by atoms with Crippen LogP contribution in [0.5, 0.6) is 0 Å². The van der Waals surface area contributed by atoms with E-state index in [0.717, 1.165) is 11.6 Å². The third-order valence-electron chi connectivity index (χ3n) is 6.57. The van der Waals surface area contributed by atoms with Crippen molar-refractivity contribution in [1.29, 1.82) is 0 Å². The Bertz CT molecular complexity index is 1230. The molecular formula is C26H28F3N3O2S. The van der Waals surface area contributed by atoms with Crippen LogP contribution in [-0.4, -0.2) is 46.0 Å². The Morgan fingerprint density at radius 1 is 0.800 bits per heavy atom. The number of sulfonamides is 1. The number of rotatable bonds is 7. The van der Waals surface area contributed by atoms with Crippen LogP contribution >= 0.6 is 0 Å². The van der Waals surface area contributed by atoms with Gasteiger partial charge >= 0.3 is 6.18 Å². The molecule has 0 amide bonds. The van der Waals surface area contributed by atoms with E-state index in [0.29, 0.717) is 31.9 Å². The standard InChI is InChI=1S/C26H28F3N3O2S/c1-25(21-9-4-2-5-10-21,20-30-35(33,34)24-13-6-3-7-14-24)32-17-15-31(16-18-32)23-12-8-11-22(19-23)26(27,28)29/h2-14,19,30H,15-18,20H2,1H3/t25-/m0/s1. The lowest BCUT2D eigenvalue weighted by Crippen LogP contribution is -2.58. The van der Waals surface area contributed by atoms with E-state index in [-0.39, 0.29) is 11.4 Å². The Labute approximate surface area is 204 Å². The molecule has 0 radical (unpaired) electrons. The van der Waals surface area contributed by atoms with Gasteiger partial charge in [0.25, 0.3) is 0 Å². The second-order valence-corrected chi connectivity index (χ2v) is 10.6. The van der Waals surface area contributed by atoms with E-state index in [1.807, 2.05) is 42.2 Å². The van der Waals surface area contributed by atoms with Crippen molar-refractivity contribution in [3.63, 3.8) is 0 Å². The van der Waals surface area contributed by atoms with Crippen LogP contribution in [0.15, 0.2) is 89.8 Å². The van der Waals surface area contributed by atoms with Crippen molar-refractivity contribution in [1.82, 2.24) is 9.62 Å². The third-order valence-corrected chi connectivity index (χ3v) is 7.99. The van der Waals surface area contributed by atoms with Crippen LogP contribution in [0.2, 0.25) is 0 Å². The monoisotopic (exact) mass is 503 g/mol. The molecule has 1 aliphatic rings. The second kappa shape index (κ2) is 10.0. The fourth-order valence-electron chi connectivity index (χ4n) is 4.45. The number of nitrogens with one attached hydrogen (secondary N) is 1. The molecule has 1 atom stereocenters. The van der Waals surface area contributed by atoms with Crippen LogP contribution in [0.4, 0.5) is 18.9 Å². The fraction of sp³-hybridized carbons (Fsp3) is 0.308. The predicted molar refractivity (Wildman–Crippen MR) is 131 cm³/mol. The van der Waals surface area contributed by atoms with Crippen LogP contribution in [0, 0.1) is 0 Å². The minimum absolute atomic E-state index is 0.151. The molecule has 3 aromatic carbocycles. The van der Waals surface area contributed by atoms with Crippen molar-refractivity contribution in [2.75, 3.05) is 37.6 Å². The lowest BCUT2D eigenvalue weighted by Gasteiger charge is -2.47. The van der Waals surface area contributed by atoms with Gasteiger partial charge < -0.3 is 4.90 Å². The quantitative estimate of drug-likeness (QED) is 0.507. The fourth-order valence-corrected chi connectivity index (χ4v) is 5.60. The van der Waals surface area contributed by atoms with E-state index in [9.17, 15) is 21.6 Å². The first-order valence-corrected chi connectivity index (χ1v) is 12.9. The van der Waals surface area contributed by atoms with Gasteiger partial charge in [0.15, 0.2) is 0 Å². The molecule has 0 saturated carbocycles. The first-order valence-electron chi connectivity index (χ1n) is 11.4. The summed E-state index contributed by atoms with van der Waals surface area (Å²) in [5.74, 6) is 0. The molecule has 4 rings (SSSR count). The van der Waals surface area contributed by atoms with E-state index in [1.54, 1.807) is 36.4 Å². The average Bonchev–Trinajstić information content (AvgIpc) is 2.88. The summed E-state index contributed by atoms with van der Waals surface area (Å²) in [6.45, 7) is 4.32. The van der Waals surface area contributed by atoms with E-state index in [1.165, 1.54) is 12.1 Å². The number of alkyl halides is 3. The topological polar surface area (TPSA) is 52.7 Å². The van der Waals surface area contributed by atoms with Crippen LogP contribution in [-0.2, 0) is 21.7 Å². The number of piperazine rings is 1. The Morgan fingerprint density at radius 3 is 1.97 bits per heavy atom. The molecule has 1 saturated heterocycles. The minimum Gasteiger partial charge on any atom is -0.369 e. The van der Waals surface area contributed by atoms with Crippen molar-refractivity contribution in [2.24, 2.45) is 0 Å². The molecule has 0 bridgehead atoms. The second-order valence-electron chi connectivity index (χ2n) is 8.80. The van der Waals surface area contributed by atoms with E-state index >= 15 is 0 Å². The average molecular weight is 504 g/mol. The molecule has 1 N–H and O–H groups in total. The van der Waals surface area contributed by atoms with Gasteiger partial charge in [-0.15, -0.1) is 0 Å². The first kappa shape index (κ1) is 25.2. The molecule has 0 spiro atoms. The normalized spacial score (nSPS) is 17.2. The Balaban J connectivity index is 1.53. The summed E-state index contributed by atoms with van der Waals surface area (Å²) in [7, 11) is -3.71.